The predicted molar refractivity (Wildman–Crippen MR) is 63.8 cm³/mol. The van der Waals surface area contributed by atoms with Crippen molar-refractivity contribution in [2.24, 2.45) is 0 Å². The van der Waals surface area contributed by atoms with Crippen molar-refractivity contribution < 1.29 is 9.57 Å². The summed E-state index contributed by atoms with van der Waals surface area (Å²) in [6, 6.07) is 3.49. The first-order valence-electron chi connectivity index (χ1n) is 5.86. The average Bonchev–Trinajstić information content (AvgIpc) is 2.77. The van der Waals surface area contributed by atoms with E-state index in [1.54, 1.807) is 23.1 Å². The van der Waals surface area contributed by atoms with Gasteiger partial charge >= 0.3 is 0 Å². The quantitative estimate of drug-likeness (QED) is 0.427. The molecule has 4 rings (SSSR count). The van der Waals surface area contributed by atoms with Gasteiger partial charge in [0.25, 0.3) is 0 Å². The number of rotatable bonds is 0. The summed E-state index contributed by atoms with van der Waals surface area (Å²) in [7, 11) is 0. The predicted octanol–water partition coefficient (Wildman–Crippen LogP) is 0.593. The average molecular weight is 242 g/mol. The molecule has 0 fully saturated rings. The zero-order chi connectivity index (χ0) is 12.1. The molecule has 6 heteroatoms. The second kappa shape index (κ2) is 3.32. The molecule has 0 aromatic carbocycles. The monoisotopic (exact) mass is 242 g/mol. The van der Waals surface area contributed by atoms with Crippen molar-refractivity contribution in [3.05, 3.63) is 35.6 Å². The molecule has 0 amide bonds. The van der Waals surface area contributed by atoms with E-state index in [4.69, 9.17) is 4.84 Å². The number of imidazole rings is 1. The minimum Gasteiger partial charge on any atom is -0.618 e. The van der Waals surface area contributed by atoms with Crippen LogP contribution < -0.4 is 9.57 Å². The molecular weight excluding hydrogens is 232 g/mol. The second-order valence-electron chi connectivity index (χ2n) is 4.32. The first-order valence-corrected chi connectivity index (χ1v) is 5.86. The molecule has 0 unspecified atom stereocenters. The van der Waals surface area contributed by atoms with Gasteiger partial charge in [-0.3, -0.25) is 0 Å². The molecule has 3 aromatic rings. The number of fused-ring (bicyclic) bond motifs is 5. The first-order chi connectivity index (χ1) is 8.84. The zero-order valence-corrected chi connectivity index (χ0v) is 9.54. The van der Waals surface area contributed by atoms with Gasteiger partial charge in [0.2, 0.25) is 11.7 Å². The van der Waals surface area contributed by atoms with Gasteiger partial charge in [-0.2, -0.15) is 9.46 Å². The van der Waals surface area contributed by atoms with E-state index in [0.717, 1.165) is 28.9 Å². The molecule has 0 atom stereocenters. The number of hydrogen-bond donors (Lipinski definition) is 0. The first kappa shape index (κ1) is 9.64. The third kappa shape index (κ3) is 1.14. The van der Waals surface area contributed by atoms with Gasteiger partial charge in [-0.25, -0.2) is 9.97 Å². The van der Waals surface area contributed by atoms with Gasteiger partial charge in [-0.05, 0) is 12.5 Å². The molecule has 3 aromatic heterocycles. The highest BCUT2D eigenvalue weighted by Gasteiger charge is 2.22. The van der Waals surface area contributed by atoms with Crippen molar-refractivity contribution in [3.8, 4) is 0 Å². The van der Waals surface area contributed by atoms with Crippen LogP contribution in [0.4, 0.5) is 0 Å². The molecular formula is C12H10N4O2. The van der Waals surface area contributed by atoms with E-state index in [2.05, 4.69) is 9.97 Å². The van der Waals surface area contributed by atoms with E-state index in [1.807, 2.05) is 0 Å². The van der Waals surface area contributed by atoms with Crippen LogP contribution in [0.15, 0.2) is 24.5 Å². The summed E-state index contributed by atoms with van der Waals surface area (Å²) in [5, 5.41) is 11.9. The molecule has 0 spiro atoms. The Morgan fingerprint density at radius 1 is 1.44 bits per heavy atom. The zero-order valence-electron chi connectivity index (χ0n) is 9.54. The van der Waals surface area contributed by atoms with Crippen molar-refractivity contribution in [2.75, 3.05) is 6.61 Å². The second-order valence-corrected chi connectivity index (χ2v) is 4.32. The fraction of sp³-hybridized carbons (Fsp3) is 0.250. The summed E-state index contributed by atoms with van der Waals surface area (Å²) in [6.07, 6.45) is 4.96. The fourth-order valence-corrected chi connectivity index (χ4v) is 2.40. The summed E-state index contributed by atoms with van der Waals surface area (Å²) >= 11 is 0. The highest BCUT2D eigenvalue weighted by Crippen LogP contribution is 2.23. The molecule has 1 aliphatic rings. The van der Waals surface area contributed by atoms with Crippen LogP contribution in [0, 0.1) is 5.21 Å². The van der Waals surface area contributed by atoms with Gasteiger partial charge in [-0.1, -0.05) is 0 Å². The summed E-state index contributed by atoms with van der Waals surface area (Å²) in [4.78, 5) is 14.4. The van der Waals surface area contributed by atoms with E-state index in [0.29, 0.717) is 23.2 Å². The van der Waals surface area contributed by atoms with Crippen LogP contribution in [0.3, 0.4) is 0 Å². The molecule has 0 N–H and O–H groups in total. The SMILES string of the molecule is [O-][n+]1cc2nc3n(c2c2ncccc21)OCCC3. The summed E-state index contributed by atoms with van der Waals surface area (Å²) < 4.78 is 2.53. The maximum absolute atomic E-state index is 11.9. The maximum atomic E-state index is 11.9. The standard InChI is InChI=1S/C12H10N4O2/c17-15-7-8-12(11-9(15)3-1-5-13-11)16-10(14-8)4-2-6-18-16/h1,3,5,7H,2,4,6H2. The number of nitrogens with zero attached hydrogens (tertiary/aromatic N) is 4. The Balaban J connectivity index is 2.22. The highest BCUT2D eigenvalue weighted by atomic mass is 16.7. The Kier molecular flexibility index (Phi) is 1.78. The minimum absolute atomic E-state index is 0.530. The van der Waals surface area contributed by atoms with Crippen LogP contribution in [-0.4, -0.2) is 21.3 Å². The lowest BCUT2D eigenvalue weighted by atomic mass is 10.3. The number of hydrogen-bond acceptors (Lipinski definition) is 4. The lowest BCUT2D eigenvalue weighted by molar-refractivity contribution is -0.575. The third-order valence-corrected chi connectivity index (χ3v) is 3.18. The van der Waals surface area contributed by atoms with Gasteiger partial charge in [0.05, 0.1) is 0 Å². The fourth-order valence-electron chi connectivity index (χ4n) is 2.40. The van der Waals surface area contributed by atoms with Gasteiger partial charge in [0.1, 0.15) is 17.9 Å². The normalized spacial score (nSPS) is 14.7. The van der Waals surface area contributed by atoms with Crippen LogP contribution in [0.25, 0.3) is 22.1 Å². The molecule has 18 heavy (non-hydrogen) atoms. The molecule has 0 bridgehead atoms. The van der Waals surface area contributed by atoms with Gasteiger partial charge < -0.3 is 10.0 Å². The van der Waals surface area contributed by atoms with E-state index in [1.165, 1.54) is 6.20 Å². The van der Waals surface area contributed by atoms with Crippen molar-refractivity contribution >= 4 is 22.1 Å². The smallest absolute Gasteiger partial charge is 0.244 e. The molecule has 0 aliphatic carbocycles. The van der Waals surface area contributed by atoms with Gasteiger partial charge in [0.15, 0.2) is 11.0 Å². The van der Waals surface area contributed by atoms with E-state index < -0.39 is 0 Å². The van der Waals surface area contributed by atoms with E-state index >= 15 is 0 Å². The molecule has 90 valence electrons. The number of aryl methyl sites for hydroxylation is 1. The molecule has 0 saturated heterocycles. The van der Waals surface area contributed by atoms with Crippen molar-refractivity contribution in [1.29, 1.82) is 0 Å². The Morgan fingerprint density at radius 3 is 3.33 bits per heavy atom. The minimum atomic E-state index is 0.530. The van der Waals surface area contributed by atoms with Crippen LogP contribution in [0.5, 0.6) is 0 Å². The van der Waals surface area contributed by atoms with Crippen LogP contribution in [0.2, 0.25) is 0 Å². The summed E-state index contributed by atoms with van der Waals surface area (Å²) in [6.45, 7) is 0.666. The maximum Gasteiger partial charge on any atom is 0.244 e. The van der Waals surface area contributed by atoms with Gasteiger partial charge in [0, 0.05) is 18.7 Å². The van der Waals surface area contributed by atoms with E-state index in [9.17, 15) is 5.21 Å². The van der Waals surface area contributed by atoms with E-state index in [-0.39, 0.29) is 0 Å². The van der Waals surface area contributed by atoms with Crippen molar-refractivity contribution in [2.45, 2.75) is 12.8 Å². The summed E-state index contributed by atoms with van der Waals surface area (Å²) in [5.41, 5.74) is 2.58. The van der Waals surface area contributed by atoms with Gasteiger partial charge in [-0.15, -0.1) is 0 Å². The van der Waals surface area contributed by atoms with Crippen LogP contribution in [0.1, 0.15) is 12.2 Å². The third-order valence-electron chi connectivity index (χ3n) is 3.18. The summed E-state index contributed by atoms with van der Waals surface area (Å²) in [5.74, 6) is 0.856. The largest absolute Gasteiger partial charge is 0.618 e. The number of pyridine rings is 2. The van der Waals surface area contributed by atoms with Crippen LogP contribution >= 0.6 is 0 Å². The van der Waals surface area contributed by atoms with Crippen LogP contribution in [-0.2, 0) is 6.42 Å². The Bertz CT molecular complexity index is 765. The molecule has 6 nitrogen and oxygen atoms in total. The topological polar surface area (TPSA) is 66.9 Å². The Labute approximate surface area is 102 Å². The molecule has 4 heterocycles. The lowest BCUT2D eigenvalue weighted by Crippen LogP contribution is -2.27. The molecule has 0 radical (unpaired) electrons. The lowest BCUT2D eigenvalue weighted by Gasteiger charge is -2.15. The van der Waals surface area contributed by atoms with Crippen molar-refractivity contribution in [3.63, 3.8) is 0 Å². The molecule has 0 saturated carbocycles. The highest BCUT2D eigenvalue weighted by molar-refractivity contribution is 5.97. The van der Waals surface area contributed by atoms with Crippen molar-refractivity contribution in [1.82, 2.24) is 14.7 Å². The Morgan fingerprint density at radius 2 is 2.39 bits per heavy atom. The Hall–Kier alpha value is -2.37. The molecule has 1 aliphatic heterocycles. The number of aromatic nitrogens is 4.